The lowest BCUT2D eigenvalue weighted by Crippen LogP contribution is -2.33. The van der Waals surface area contributed by atoms with Gasteiger partial charge in [0.25, 0.3) is 0 Å². The Bertz CT molecular complexity index is 573. The van der Waals surface area contributed by atoms with Crippen molar-refractivity contribution >= 4 is 11.8 Å². The SMILES string of the molecule is C=C(NC(=O)OC(C)(C)C)Nc1ccc(OCCN2CCCC2)cc1. The maximum absolute atomic E-state index is 11.7. The molecule has 6 nitrogen and oxygen atoms in total. The van der Waals surface area contributed by atoms with Gasteiger partial charge in [-0.2, -0.15) is 0 Å². The van der Waals surface area contributed by atoms with Crippen LogP contribution in [0.5, 0.6) is 5.75 Å². The van der Waals surface area contributed by atoms with Crippen LogP contribution in [0.4, 0.5) is 10.5 Å². The predicted octanol–water partition coefficient (Wildman–Crippen LogP) is 3.57. The molecule has 0 saturated carbocycles. The Morgan fingerprint density at radius 1 is 1.20 bits per heavy atom. The smallest absolute Gasteiger partial charge is 0.413 e. The minimum atomic E-state index is -0.543. The van der Waals surface area contributed by atoms with Crippen molar-refractivity contribution in [3.05, 3.63) is 36.7 Å². The van der Waals surface area contributed by atoms with E-state index in [-0.39, 0.29) is 0 Å². The first-order valence-corrected chi connectivity index (χ1v) is 8.73. The average Bonchev–Trinajstić information content (AvgIpc) is 3.00. The molecule has 1 fully saturated rings. The van der Waals surface area contributed by atoms with Gasteiger partial charge in [0.1, 0.15) is 23.8 Å². The van der Waals surface area contributed by atoms with Gasteiger partial charge in [0.2, 0.25) is 0 Å². The van der Waals surface area contributed by atoms with Crippen molar-refractivity contribution < 1.29 is 14.3 Å². The highest BCUT2D eigenvalue weighted by atomic mass is 16.6. The molecular formula is C19H29N3O3. The van der Waals surface area contributed by atoms with Gasteiger partial charge in [-0.1, -0.05) is 6.58 Å². The van der Waals surface area contributed by atoms with Gasteiger partial charge in [0.15, 0.2) is 0 Å². The van der Waals surface area contributed by atoms with Gasteiger partial charge in [0.05, 0.1) is 0 Å². The molecule has 0 aromatic heterocycles. The van der Waals surface area contributed by atoms with Gasteiger partial charge >= 0.3 is 6.09 Å². The summed E-state index contributed by atoms with van der Waals surface area (Å²) in [5, 5.41) is 5.58. The van der Waals surface area contributed by atoms with E-state index in [1.165, 1.54) is 25.9 Å². The Kier molecular flexibility index (Phi) is 6.70. The van der Waals surface area contributed by atoms with Crippen LogP contribution >= 0.6 is 0 Å². The molecule has 6 heteroatoms. The minimum absolute atomic E-state index is 0.358. The van der Waals surface area contributed by atoms with Crippen molar-refractivity contribution in [2.75, 3.05) is 31.6 Å². The number of nitrogens with one attached hydrogen (secondary N) is 2. The zero-order chi connectivity index (χ0) is 18.3. The molecule has 1 aliphatic heterocycles. The number of anilines is 1. The number of nitrogens with zero attached hydrogens (tertiary/aromatic N) is 1. The lowest BCUT2D eigenvalue weighted by molar-refractivity contribution is 0.0547. The molecule has 0 radical (unpaired) electrons. The maximum atomic E-state index is 11.7. The molecule has 2 N–H and O–H groups in total. The van der Waals surface area contributed by atoms with Gasteiger partial charge in [0, 0.05) is 12.2 Å². The van der Waals surface area contributed by atoms with Gasteiger partial charge < -0.3 is 14.8 Å². The summed E-state index contributed by atoms with van der Waals surface area (Å²) < 4.78 is 10.9. The normalized spacial score (nSPS) is 14.8. The number of carbonyl (C=O) groups is 1. The van der Waals surface area contributed by atoms with Crippen LogP contribution in [-0.4, -0.2) is 42.8 Å². The molecule has 1 aromatic carbocycles. The second kappa shape index (κ2) is 8.76. The van der Waals surface area contributed by atoms with E-state index < -0.39 is 11.7 Å². The number of hydrogen-bond donors (Lipinski definition) is 2. The highest BCUT2D eigenvalue weighted by Gasteiger charge is 2.16. The largest absolute Gasteiger partial charge is 0.492 e. The van der Waals surface area contributed by atoms with Crippen molar-refractivity contribution in [2.24, 2.45) is 0 Å². The summed E-state index contributed by atoms with van der Waals surface area (Å²) in [5.41, 5.74) is 0.270. The number of alkyl carbamates (subject to hydrolysis) is 1. The second-order valence-electron chi connectivity index (χ2n) is 7.15. The molecule has 138 valence electrons. The number of ether oxygens (including phenoxy) is 2. The van der Waals surface area contributed by atoms with E-state index >= 15 is 0 Å². The fraction of sp³-hybridized carbons (Fsp3) is 0.526. The topological polar surface area (TPSA) is 62.8 Å². The Hall–Kier alpha value is -2.21. The summed E-state index contributed by atoms with van der Waals surface area (Å²) in [7, 11) is 0. The van der Waals surface area contributed by atoms with Crippen LogP contribution in [0, 0.1) is 0 Å². The minimum Gasteiger partial charge on any atom is -0.492 e. The summed E-state index contributed by atoms with van der Waals surface area (Å²) in [6.45, 7) is 13.2. The quantitative estimate of drug-likeness (QED) is 0.789. The van der Waals surface area contributed by atoms with Gasteiger partial charge in [-0.3, -0.25) is 10.2 Å². The molecule has 0 bridgehead atoms. The molecule has 0 spiro atoms. The Morgan fingerprint density at radius 3 is 2.44 bits per heavy atom. The Labute approximate surface area is 150 Å². The summed E-state index contributed by atoms with van der Waals surface area (Å²) in [6, 6.07) is 7.56. The van der Waals surface area contributed by atoms with E-state index in [0.717, 1.165) is 18.0 Å². The summed E-state index contributed by atoms with van der Waals surface area (Å²) in [4.78, 5) is 14.1. The third kappa shape index (κ3) is 7.47. The standard InChI is InChI=1S/C19H29N3O3/c1-15(21-18(23)25-19(2,3)4)20-16-7-9-17(10-8-16)24-14-13-22-11-5-6-12-22/h7-10,20H,1,5-6,11-14H2,2-4H3,(H,21,23). The molecular weight excluding hydrogens is 318 g/mol. The number of rotatable bonds is 7. The van der Waals surface area contributed by atoms with E-state index in [1.807, 2.05) is 45.0 Å². The van der Waals surface area contributed by atoms with E-state index in [2.05, 4.69) is 22.1 Å². The first-order chi connectivity index (χ1) is 11.8. The molecule has 1 amide bonds. The summed E-state index contributed by atoms with van der Waals surface area (Å²) >= 11 is 0. The Balaban J connectivity index is 1.71. The highest BCUT2D eigenvalue weighted by Crippen LogP contribution is 2.17. The van der Waals surface area contributed by atoms with Gasteiger partial charge in [-0.25, -0.2) is 4.79 Å². The van der Waals surface area contributed by atoms with Crippen LogP contribution in [0.15, 0.2) is 36.7 Å². The van der Waals surface area contributed by atoms with E-state index in [9.17, 15) is 4.79 Å². The number of amides is 1. The van der Waals surface area contributed by atoms with Crippen LogP contribution in [0.25, 0.3) is 0 Å². The molecule has 2 rings (SSSR count). The third-order valence-corrected chi connectivity index (χ3v) is 3.68. The fourth-order valence-corrected chi connectivity index (χ4v) is 2.57. The molecule has 0 atom stereocenters. The van der Waals surface area contributed by atoms with Crippen molar-refractivity contribution in [1.29, 1.82) is 0 Å². The summed E-state index contributed by atoms with van der Waals surface area (Å²) in [5.74, 6) is 1.19. The van der Waals surface area contributed by atoms with Crippen LogP contribution in [0.2, 0.25) is 0 Å². The van der Waals surface area contributed by atoms with Crippen molar-refractivity contribution in [3.63, 3.8) is 0 Å². The maximum Gasteiger partial charge on any atom is 0.413 e. The van der Waals surface area contributed by atoms with E-state index in [1.54, 1.807) is 0 Å². The highest BCUT2D eigenvalue weighted by molar-refractivity contribution is 5.71. The molecule has 0 aliphatic carbocycles. The second-order valence-corrected chi connectivity index (χ2v) is 7.15. The zero-order valence-corrected chi connectivity index (χ0v) is 15.4. The molecule has 1 heterocycles. The van der Waals surface area contributed by atoms with Crippen LogP contribution in [0.3, 0.4) is 0 Å². The summed E-state index contributed by atoms with van der Waals surface area (Å²) in [6.07, 6.45) is 2.05. The van der Waals surface area contributed by atoms with E-state index in [0.29, 0.717) is 12.4 Å². The molecule has 1 aliphatic rings. The first-order valence-electron chi connectivity index (χ1n) is 8.73. The molecule has 1 saturated heterocycles. The lowest BCUT2D eigenvalue weighted by atomic mass is 10.2. The third-order valence-electron chi connectivity index (χ3n) is 3.68. The number of carbonyl (C=O) groups excluding carboxylic acids is 1. The molecule has 0 unspecified atom stereocenters. The molecule has 1 aromatic rings. The number of benzene rings is 1. The monoisotopic (exact) mass is 347 g/mol. The number of likely N-dealkylation sites (tertiary alicyclic amines) is 1. The van der Waals surface area contributed by atoms with E-state index in [4.69, 9.17) is 9.47 Å². The first kappa shape index (κ1) is 19.1. The fourth-order valence-electron chi connectivity index (χ4n) is 2.57. The zero-order valence-electron chi connectivity index (χ0n) is 15.4. The van der Waals surface area contributed by atoms with Gasteiger partial charge in [-0.05, 0) is 71.0 Å². The van der Waals surface area contributed by atoms with Crippen LogP contribution in [-0.2, 0) is 4.74 Å². The Morgan fingerprint density at radius 2 is 1.84 bits per heavy atom. The lowest BCUT2D eigenvalue weighted by Gasteiger charge is -2.20. The van der Waals surface area contributed by atoms with Crippen LogP contribution < -0.4 is 15.4 Å². The molecule has 25 heavy (non-hydrogen) atoms. The van der Waals surface area contributed by atoms with Gasteiger partial charge in [-0.15, -0.1) is 0 Å². The van der Waals surface area contributed by atoms with Crippen molar-refractivity contribution in [2.45, 2.75) is 39.2 Å². The predicted molar refractivity (Wildman–Crippen MR) is 99.7 cm³/mol. The van der Waals surface area contributed by atoms with Crippen molar-refractivity contribution in [1.82, 2.24) is 10.2 Å². The van der Waals surface area contributed by atoms with Crippen molar-refractivity contribution in [3.8, 4) is 5.75 Å². The number of hydrogen-bond acceptors (Lipinski definition) is 5. The van der Waals surface area contributed by atoms with Crippen LogP contribution in [0.1, 0.15) is 33.6 Å². The average molecular weight is 347 g/mol.